The maximum absolute atomic E-state index is 12.0. The summed E-state index contributed by atoms with van der Waals surface area (Å²) in [4.78, 5) is 16.4. The molecule has 5 nitrogen and oxygen atoms in total. The summed E-state index contributed by atoms with van der Waals surface area (Å²) in [5, 5.41) is 7.26. The molecule has 2 heterocycles. The molecule has 0 aromatic heterocycles. The zero-order chi connectivity index (χ0) is 21.8. The number of carbonyl (C=O) groups excluding carboxylic acids is 1. The first-order valence-corrected chi connectivity index (χ1v) is 11.8. The van der Waals surface area contributed by atoms with Gasteiger partial charge in [0.1, 0.15) is 0 Å². The summed E-state index contributed by atoms with van der Waals surface area (Å²) >= 11 is 5.55. The highest BCUT2D eigenvalue weighted by molar-refractivity contribution is 7.80. The summed E-state index contributed by atoms with van der Waals surface area (Å²) in [6.45, 7) is 7.28. The molecule has 1 amide bonds. The van der Waals surface area contributed by atoms with Crippen LogP contribution >= 0.6 is 12.2 Å². The zero-order valence-corrected chi connectivity index (χ0v) is 19.3. The molecule has 0 aliphatic carbocycles. The van der Waals surface area contributed by atoms with E-state index in [0.29, 0.717) is 11.5 Å². The van der Waals surface area contributed by atoms with Crippen LogP contribution in [0, 0.1) is 6.92 Å². The Morgan fingerprint density at radius 2 is 1.74 bits per heavy atom. The van der Waals surface area contributed by atoms with Gasteiger partial charge in [-0.15, -0.1) is 0 Å². The summed E-state index contributed by atoms with van der Waals surface area (Å²) < 4.78 is 0. The fourth-order valence-electron chi connectivity index (χ4n) is 4.51. The Kier molecular flexibility index (Phi) is 6.76. The minimum atomic E-state index is 0.109. The van der Waals surface area contributed by atoms with Crippen LogP contribution in [0.15, 0.2) is 42.5 Å². The molecule has 2 fully saturated rings. The first kappa shape index (κ1) is 21.6. The van der Waals surface area contributed by atoms with Crippen LogP contribution in [0.25, 0.3) is 0 Å². The minimum absolute atomic E-state index is 0.109. The second-order valence-corrected chi connectivity index (χ2v) is 9.02. The molecule has 0 spiro atoms. The van der Waals surface area contributed by atoms with Crippen LogP contribution in [-0.2, 0) is 4.79 Å². The van der Waals surface area contributed by atoms with Gasteiger partial charge in [0.25, 0.3) is 0 Å². The van der Waals surface area contributed by atoms with Crippen LogP contribution in [0.3, 0.4) is 0 Å². The molecule has 6 heteroatoms. The standard InChI is InChI=1S/C25H32N4OS/c1-18-17-21(10-13-23(18)29-16-6-7-24(29)30)27-25(31)26-19(2)20-8-11-22(12-9-20)28-14-4-3-5-15-28/h8-13,17,19H,3-7,14-16H2,1-2H3,(H2,26,27,31)/t19-/m0/s1. The van der Waals surface area contributed by atoms with Gasteiger partial charge in [0, 0.05) is 43.1 Å². The molecule has 2 N–H and O–H groups in total. The second-order valence-electron chi connectivity index (χ2n) is 8.61. The number of thiocarbonyl (C=S) groups is 1. The Balaban J connectivity index is 1.34. The molecule has 0 radical (unpaired) electrons. The van der Waals surface area contributed by atoms with Gasteiger partial charge in [-0.25, -0.2) is 0 Å². The smallest absolute Gasteiger partial charge is 0.227 e. The normalized spacial score (nSPS) is 17.5. The summed E-state index contributed by atoms with van der Waals surface area (Å²) in [6, 6.07) is 15.0. The Labute approximate surface area is 190 Å². The van der Waals surface area contributed by atoms with Crippen LogP contribution in [0.2, 0.25) is 0 Å². The van der Waals surface area contributed by atoms with Gasteiger partial charge in [0.15, 0.2) is 5.11 Å². The fraction of sp³-hybridized carbons (Fsp3) is 0.440. The molecular formula is C25H32N4OS. The molecule has 1 atom stereocenters. The molecule has 2 aromatic rings. The molecular weight excluding hydrogens is 404 g/mol. The van der Waals surface area contributed by atoms with E-state index in [1.807, 2.05) is 30.0 Å². The molecule has 0 unspecified atom stereocenters. The van der Waals surface area contributed by atoms with Gasteiger partial charge in [0.05, 0.1) is 6.04 Å². The number of nitrogens with one attached hydrogen (secondary N) is 2. The van der Waals surface area contributed by atoms with Crippen molar-refractivity contribution in [2.45, 2.75) is 52.0 Å². The van der Waals surface area contributed by atoms with Gasteiger partial charge in [-0.05, 0) is 93.2 Å². The Bertz CT molecular complexity index is 937. The highest BCUT2D eigenvalue weighted by Crippen LogP contribution is 2.28. The van der Waals surface area contributed by atoms with Gasteiger partial charge in [0.2, 0.25) is 5.91 Å². The molecule has 2 aliphatic rings. The number of nitrogens with zero attached hydrogens (tertiary/aromatic N) is 2. The molecule has 2 aliphatic heterocycles. The van der Waals surface area contributed by atoms with Gasteiger partial charge in [-0.3, -0.25) is 4.79 Å². The van der Waals surface area contributed by atoms with E-state index in [4.69, 9.17) is 12.2 Å². The SMILES string of the molecule is Cc1cc(NC(=S)N[C@@H](C)c2ccc(N3CCCCC3)cc2)ccc1N1CCCC1=O. The van der Waals surface area contributed by atoms with Crippen LogP contribution in [0.5, 0.6) is 0 Å². The van der Waals surface area contributed by atoms with Crippen molar-refractivity contribution in [2.24, 2.45) is 0 Å². The third kappa shape index (κ3) is 5.18. The summed E-state index contributed by atoms with van der Waals surface area (Å²) in [7, 11) is 0. The summed E-state index contributed by atoms with van der Waals surface area (Å²) in [5.74, 6) is 0.209. The minimum Gasteiger partial charge on any atom is -0.372 e. The van der Waals surface area contributed by atoms with E-state index in [9.17, 15) is 4.79 Å². The van der Waals surface area contributed by atoms with E-state index in [2.05, 4.69) is 46.7 Å². The van der Waals surface area contributed by atoms with Gasteiger partial charge < -0.3 is 20.4 Å². The van der Waals surface area contributed by atoms with Crippen LogP contribution in [-0.4, -0.2) is 30.7 Å². The first-order chi connectivity index (χ1) is 15.0. The molecule has 164 valence electrons. The number of hydrogen-bond acceptors (Lipinski definition) is 3. The van der Waals surface area contributed by atoms with Crippen molar-refractivity contribution in [3.05, 3.63) is 53.6 Å². The van der Waals surface area contributed by atoms with Crippen molar-refractivity contribution in [3.63, 3.8) is 0 Å². The van der Waals surface area contributed by atoms with Gasteiger partial charge in [-0.2, -0.15) is 0 Å². The van der Waals surface area contributed by atoms with E-state index < -0.39 is 0 Å². The van der Waals surface area contributed by atoms with Crippen molar-refractivity contribution in [2.75, 3.05) is 34.8 Å². The fourth-order valence-corrected chi connectivity index (χ4v) is 4.81. The third-order valence-electron chi connectivity index (χ3n) is 6.28. The molecule has 2 saturated heterocycles. The maximum Gasteiger partial charge on any atom is 0.227 e. The molecule has 31 heavy (non-hydrogen) atoms. The number of amides is 1. The van der Waals surface area contributed by atoms with E-state index in [1.54, 1.807) is 0 Å². The van der Waals surface area contributed by atoms with E-state index >= 15 is 0 Å². The first-order valence-electron chi connectivity index (χ1n) is 11.3. The summed E-state index contributed by atoms with van der Waals surface area (Å²) in [6.07, 6.45) is 5.50. The van der Waals surface area contributed by atoms with Crippen LogP contribution in [0.4, 0.5) is 17.1 Å². The molecule has 2 aromatic carbocycles. The average molecular weight is 437 g/mol. The van der Waals surface area contributed by atoms with E-state index in [0.717, 1.165) is 43.0 Å². The van der Waals surface area contributed by atoms with E-state index in [1.165, 1.54) is 30.5 Å². The maximum atomic E-state index is 12.0. The molecule has 4 rings (SSSR count). The number of carbonyl (C=O) groups is 1. The highest BCUT2D eigenvalue weighted by Gasteiger charge is 2.23. The predicted octanol–water partition coefficient (Wildman–Crippen LogP) is 5.16. The number of anilines is 3. The topological polar surface area (TPSA) is 47.6 Å². The monoisotopic (exact) mass is 436 g/mol. The Morgan fingerprint density at radius 1 is 1.00 bits per heavy atom. The van der Waals surface area contributed by atoms with E-state index in [-0.39, 0.29) is 11.9 Å². The van der Waals surface area contributed by atoms with Crippen molar-refractivity contribution in [1.29, 1.82) is 0 Å². The largest absolute Gasteiger partial charge is 0.372 e. The number of piperidine rings is 1. The van der Waals surface area contributed by atoms with Crippen LogP contribution < -0.4 is 20.4 Å². The van der Waals surface area contributed by atoms with Crippen molar-refractivity contribution >= 4 is 40.3 Å². The highest BCUT2D eigenvalue weighted by atomic mass is 32.1. The Morgan fingerprint density at radius 3 is 2.39 bits per heavy atom. The molecule has 0 bridgehead atoms. The number of aryl methyl sites for hydroxylation is 1. The third-order valence-corrected chi connectivity index (χ3v) is 6.50. The Hall–Kier alpha value is -2.60. The second kappa shape index (κ2) is 9.69. The quantitative estimate of drug-likeness (QED) is 0.634. The van der Waals surface area contributed by atoms with Crippen LogP contribution in [0.1, 0.15) is 56.2 Å². The van der Waals surface area contributed by atoms with Crippen molar-refractivity contribution in [3.8, 4) is 0 Å². The predicted molar refractivity (Wildman–Crippen MR) is 133 cm³/mol. The number of rotatable bonds is 5. The summed E-state index contributed by atoms with van der Waals surface area (Å²) in [5.41, 5.74) is 5.52. The lowest BCUT2D eigenvalue weighted by molar-refractivity contribution is -0.117. The van der Waals surface area contributed by atoms with Gasteiger partial charge >= 0.3 is 0 Å². The van der Waals surface area contributed by atoms with Crippen molar-refractivity contribution in [1.82, 2.24) is 5.32 Å². The lowest BCUT2D eigenvalue weighted by atomic mass is 10.1. The number of hydrogen-bond donors (Lipinski definition) is 2. The average Bonchev–Trinajstić information content (AvgIpc) is 3.20. The van der Waals surface area contributed by atoms with Crippen molar-refractivity contribution < 1.29 is 4.79 Å². The lowest BCUT2D eigenvalue weighted by Gasteiger charge is -2.29. The van der Waals surface area contributed by atoms with Gasteiger partial charge in [-0.1, -0.05) is 12.1 Å². The number of benzene rings is 2. The zero-order valence-electron chi connectivity index (χ0n) is 18.5. The molecule has 0 saturated carbocycles. The lowest BCUT2D eigenvalue weighted by Crippen LogP contribution is -2.31.